The van der Waals surface area contributed by atoms with Gasteiger partial charge in [0.05, 0.1) is 7.11 Å². The minimum absolute atomic E-state index is 0.0610. The van der Waals surface area contributed by atoms with Crippen molar-refractivity contribution in [1.29, 1.82) is 0 Å². The number of anilines is 1. The molecule has 6 heteroatoms. The van der Waals surface area contributed by atoms with E-state index in [1.807, 2.05) is 24.3 Å². The van der Waals surface area contributed by atoms with Crippen molar-refractivity contribution in [1.82, 2.24) is 10.6 Å². The topological polar surface area (TPSA) is 79.5 Å². The Kier molecular flexibility index (Phi) is 6.30. The average Bonchev–Trinajstić information content (AvgIpc) is 3.20. The van der Waals surface area contributed by atoms with Crippen LogP contribution in [0.5, 0.6) is 5.75 Å². The van der Waals surface area contributed by atoms with Crippen LogP contribution in [0.2, 0.25) is 0 Å². The SMILES string of the molecule is COc1ccccc1CNC(=O)Nc1ccc(C(=O)NC2CCCC2)cc1. The Hall–Kier alpha value is -3.02. The van der Waals surface area contributed by atoms with Crippen LogP contribution in [-0.4, -0.2) is 25.1 Å². The van der Waals surface area contributed by atoms with Gasteiger partial charge in [0.15, 0.2) is 0 Å². The molecule has 3 rings (SSSR count). The molecule has 2 aromatic rings. The smallest absolute Gasteiger partial charge is 0.319 e. The molecule has 0 heterocycles. The van der Waals surface area contributed by atoms with Gasteiger partial charge in [-0.15, -0.1) is 0 Å². The molecular weight excluding hydrogens is 342 g/mol. The molecule has 2 aromatic carbocycles. The number of para-hydroxylation sites is 1. The van der Waals surface area contributed by atoms with E-state index in [0.29, 0.717) is 17.8 Å². The third kappa shape index (κ3) is 5.23. The molecule has 0 aliphatic heterocycles. The molecule has 3 N–H and O–H groups in total. The van der Waals surface area contributed by atoms with Gasteiger partial charge in [-0.2, -0.15) is 0 Å². The fraction of sp³-hybridized carbons (Fsp3) is 0.333. The molecule has 0 atom stereocenters. The second-order valence-corrected chi connectivity index (χ2v) is 6.65. The lowest BCUT2D eigenvalue weighted by atomic mass is 10.1. The Morgan fingerprint density at radius 3 is 2.44 bits per heavy atom. The molecular formula is C21H25N3O3. The van der Waals surface area contributed by atoms with E-state index in [1.54, 1.807) is 31.4 Å². The summed E-state index contributed by atoms with van der Waals surface area (Å²) in [4.78, 5) is 24.3. The molecule has 3 amide bonds. The molecule has 0 spiro atoms. The summed E-state index contributed by atoms with van der Waals surface area (Å²) in [5.74, 6) is 0.671. The summed E-state index contributed by atoms with van der Waals surface area (Å²) in [6, 6.07) is 14.4. The van der Waals surface area contributed by atoms with Crippen molar-refractivity contribution in [3.8, 4) is 5.75 Å². The number of urea groups is 1. The van der Waals surface area contributed by atoms with Crippen molar-refractivity contribution in [2.24, 2.45) is 0 Å². The van der Waals surface area contributed by atoms with Crippen LogP contribution < -0.4 is 20.7 Å². The molecule has 6 nitrogen and oxygen atoms in total. The number of hydrogen-bond donors (Lipinski definition) is 3. The van der Waals surface area contributed by atoms with E-state index in [1.165, 1.54) is 12.8 Å². The number of nitrogens with one attached hydrogen (secondary N) is 3. The number of carbonyl (C=O) groups is 2. The third-order valence-corrected chi connectivity index (χ3v) is 4.73. The zero-order valence-corrected chi connectivity index (χ0v) is 15.5. The normalized spacial score (nSPS) is 13.8. The van der Waals surface area contributed by atoms with Gasteiger partial charge in [-0.3, -0.25) is 4.79 Å². The lowest BCUT2D eigenvalue weighted by Crippen LogP contribution is -2.32. The Morgan fingerprint density at radius 2 is 1.74 bits per heavy atom. The Morgan fingerprint density at radius 1 is 1.04 bits per heavy atom. The summed E-state index contributed by atoms with van der Waals surface area (Å²) in [6.07, 6.45) is 4.46. The number of benzene rings is 2. The van der Waals surface area contributed by atoms with Crippen LogP contribution in [0.4, 0.5) is 10.5 Å². The van der Waals surface area contributed by atoms with Crippen molar-refractivity contribution >= 4 is 17.6 Å². The van der Waals surface area contributed by atoms with Crippen molar-refractivity contribution in [3.63, 3.8) is 0 Å². The van der Waals surface area contributed by atoms with Crippen molar-refractivity contribution in [3.05, 3.63) is 59.7 Å². The van der Waals surface area contributed by atoms with Gasteiger partial charge in [0, 0.05) is 29.4 Å². The highest BCUT2D eigenvalue weighted by atomic mass is 16.5. The lowest BCUT2D eigenvalue weighted by molar-refractivity contribution is 0.0938. The number of rotatable bonds is 6. The fourth-order valence-electron chi connectivity index (χ4n) is 3.24. The standard InChI is InChI=1S/C21H25N3O3/c1-27-19-9-5-2-6-16(19)14-22-21(26)24-18-12-10-15(11-13-18)20(25)23-17-7-3-4-8-17/h2,5-6,9-13,17H,3-4,7-8,14H2,1H3,(H,23,25)(H2,22,24,26). The monoisotopic (exact) mass is 367 g/mol. The molecule has 0 bridgehead atoms. The molecule has 0 radical (unpaired) electrons. The van der Waals surface area contributed by atoms with Gasteiger partial charge in [-0.05, 0) is 43.2 Å². The van der Waals surface area contributed by atoms with Crippen LogP contribution in [0.1, 0.15) is 41.6 Å². The fourth-order valence-corrected chi connectivity index (χ4v) is 3.24. The first kappa shape index (κ1) is 18.8. The highest BCUT2D eigenvalue weighted by Gasteiger charge is 2.17. The first-order valence-electron chi connectivity index (χ1n) is 9.23. The summed E-state index contributed by atoms with van der Waals surface area (Å²) in [6.45, 7) is 0.359. The largest absolute Gasteiger partial charge is 0.496 e. The molecule has 0 aromatic heterocycles. The molecule has 1 aliphatic carbocycles. The average molecular weight is 367 g/mol. The molecule has 0 saturated heterocycles. The van der Waals surface area contributed by atoms with Gasteiger partial charge in [0.2, 0.25) is 0 Å². The summed E-state index contributed by atoms with van der Waals surface area (Å²) < 4.78 is 5.27. The highest BCUT2D eigenvalue weighted by Crippen LogP contribution is 2.19. The van der Waals surface area contributed by atoms with Crippen LogP contribution in [-0.2, 0) is 6.54 Å². The van der Waals surface area contributed by atoms with Gasteiger partial charge in [0.1, 0.15) is 5.75 Å². The summed E-state index contributed by atoms with van der Waals surface area (Å²) in [7, 11) is 1.60. The number of ether oxygens (including phenoxy) is 1. The quantitative estimate of drug-likeness (QED) is 0.728. The first-order valence-corrected chi connectivity index (χ1v) is 9.23. The Balaban J connectivity index is 1.50. The highest BCUT2D eigenvalue weighted by molar-refractivity contribution is 5.95. The van der Waals surface area contributed by atoms with Crippen LogP contribution in [0.3, 0.4) is 0 Å². The van der Waals surface area contributed by atoms with E-state index in [2.05, 4.69) is 16.0 Å². The van der Waals surface area contributed by atoms with E-state index < -0.39 is 0 Å². The van der Waals surface area contributed by atoms with Gasteiger partial charge in [0.25, 0.3) is 5.91 Å². The number of methoxy groups -OCH3 is 1. The molecule has 142 valence electrons. The van der Waals surface area contributed by atoms with E-state index in [9.17, 15) is 9.59 Å². The van der Waals surface area contributed by atoms with Crippen molar-refractivity contribution in [2.45, 2.75) is 38.3 Å². The molecule has 0 unspecified atom stereocenters. The third-order valence-electron chi connectivity index (χ3n) is 4.73. The van der Waals surface area contributed by atoms with Crippen LogP contribution in [0.15, 0.2) is 48.5 Å². The number of hydrogen-bond acceptors (Lipinski definition) is 3. The summed E-state index contributed by atoms with van der Waals surface area (Å²) in [5.41, 5.74) is 2.13. The zero-order valence-electron chi connectivity index (χ0n) is 15.5. The maximum atomic E-state index is 12.2. The Bertz CT molecular complexity index is 784. The van der Waals surface area contributed by atoms with E-state index >= 15 is 0 Å². The van der Waals surface area contributed by atoms with E-state index in [0.717, 1.165) is 24.2 Å². The maximum Gasteiger partial charge on any atom is 0.319 e. The molecule has 1 saturated carbocycles. The van der Waals surface area contributed by atoms with E-state index in [-0.39, 0.29) is 18.0 Å². The van der Waals surface area contributed by atoms with Gasteiger partial charge in [-0.1, -0.05) is 31.0 Å². The second-order valence-electron chi connectivity index (χ2n) is 6.65. The summed E-state index contributed by atoms with van der Waals surface area (Å²) >= 11 is 0. The van der Waals surface area contributed by atoms with Gasteiger partial charge in [-0.25, -0.2) is 4.79 Å². The summed E-state index contributed by atoms with van der Waals surface area (Å²) in [5, 5.41) is 8.62. The van der Waals surface area contributed by atoms with Crippen molar-refractivity contribution < 1.29 is 14.3 Å². The van der Waals surface area contributed by atoms with Crippen LogP contribution in [0.25, 0.3) is 0 Å². The van der Waals surface area contributed by atoms with Gasteiger partial charge >= 0.3 is 6.03 Å². The first-order chi connectivity index (χ1) is 13.2. The van der Waals surface area contributed by atoms with Gasteiger partial charge < -0.3 is 20.7 Å². The van der Waals surface area contributed by atoms with E-state index in [4.69, 9.17) is 4.74 Å². The number of carbonyl (C=O) groups excluding carboxylic acids is 2. The minimum atomic E-state index is -0.316. The minimum Gasteiger partial charge on any atom is -0.496 e. The maximum absolute atomic E-state index is 12.2. The zero-order chi connectivity index (χ0) is 19.1. The van der Waals surface area contributed by atoms with Crippen molar-refractivity contribution in [2.75, 3.05) is 12.4 Å². The predicted octanol–water partition coefficient (Wildman–Crippen LogP) is 3.69. The number of amides is 3. The molecule has 1 fully saturated rings. The lowest BCUT2D eigenvalue weighted by Gasteiger charge is -2.13. The van der Waals surface area contributed by atoms with Crippen LogP contribution >= 0.6 is 0 Å². The predicted molar refractivity (Wildman–Crippen MR) is 105 cm³/mol. The molecule has 27 heavy (non-hydrogen) atoms. The molecule has 1 aliphatic rings. The van der Waals surface area contributed by atoms with Crippen LogP contribution in [0, 0.1) is 0 Å². The second kappa shape index (κ2) is 9.07. The Labute approximate surface area is 159 Å².